The van der Waals surface area contributed by atoms with E-state index in [-0.39, 0.29) is 22.0 Å². The summed E-state index contributed by atoms with van der Waals surface area (Å²) in [5.41, 5.74) is 1.46. The quantitative estimate of drug-likeness (QED) is 0.492. The maximum atomic E-state index is 12.9. The van der Waals surface area contributed by atoms with Crippen LogP contribution in [0.4, 0.5) is 10.8 Å². The van der Waals surface area contributed by atoms with Gasteiger partial charge in [-0.25, -0.2) is 9.78 Å². The Morgan fingerprint density at radius 1 is 1.27 bits per heavy atom. The van der Waals surface area contributed by atoms with E-state index in [0.29, 0.717) is 11.0 Å². The van der Waals surface area contributed by atoms with Crippen LogP contribution in [0.2, 0.25) is 0 Å². The molecule has 2 N–H and O–H groups in total. The van der Waals surface area contributed by atoms with E-state index in [1.165, 1.54) is 47.6 Å². The van der Waals surface area contributed by atoms with Crippen LogP contribution in [-0.4, -0.2) is 44.7 Å². The van der Waals surface area contributed by atoms with Crippen LogP contribution in [-0.2, 0) is 16.4 Å². The van der Waals surface area contributed by atoms with Crippen LogP contribution in [0, 0.1) is 5.92 Å². The number of nitrogens with one attached hydrogen (secondary N) is 1. The molecule has 3 aromatic rings. The van der Waals surface area contributed by atoms with E-state index >= 15 is 0 Å². The molecule has 1 aliphatic rings. The number of methoxy groups -OCH3 is 1. The van der Waals surface area contributed by atoms with Crippen molar-refractivity contribution in [1.82, 2.24) is 4.98 Å². The maximum absolute atomic E-state index is 12.9. The number of nitrogens with zero attached hydrogens (tertiary/aromatic N) is 2. The lowest BCUT2D eigenvalue weighted by molar-refractivity contribution is 0.0696. The zero-order valence-corrected chi connectivity index (χ0v) is 19.7. The Balaban J connectivity index is 1.47. The Bertz CT molecular complexity index is 1230. The van der Waals surface area contributed by atoms with Crippen LogP contribution in [0.1, 0.15) is 28.8 Å². The molecule has 0 amide bonds. The summed E-state index contributed by atoms with van der Waals surface area (Å²) in [6.45, 7) is 1.68. The highest BCUT2D eigenvalue weighted by molar-refractivity contribution is 7.92. The summed E-state index contributed by atoms with van der Waals surface area (Å²) in [6, 6.07) is 14.3. The Morgan fingerprint density at radius 3 is 2.79 bits per heavy atom. The van der Waals surface area contributed by atoms with Gasteiger partial charge in [0, 0.05) is 18.5 Å². The summed E-state index contributed by atoms with van der Waals surface area (Å²) in [6.07, 6.45) is 3.15. The Morgan fingerprint density at radius 2 is 2.06 bits per heavy atom. The first-order valence-electron chi connectivity index (χ1n) is 10.5. The van der Waals surface area contributed by atoms with Crippen LogP contribution in [0.15, 0.2) is 58.9 Å². The number of aromatic carboxylic acids is 1. The minimum atomic E-state index is -3.96. The Kier molecular flexibility index (Phi) is 6.85. The number of aromatic nitrogens is 1. The first-order valence-corrected chi connectivity index (χ1v) is 12.9. The lowest BCUT2D eigenvalue weighted by Crippen LogP contribution is -2.36. The van der Waals surface area contributed by atoms with Crippen molar-refractivity contribution in [3.05, 3.63) is 65.0 Å². The third-order valence-electron chi connectivity index (χ3n) is 5.60. The van der Waals surface area contributed by atoms with Gasteiger partial charge in [-0.05, 0) is 48.9 Å². The van der Waals surface area contributed by atoms with Gasteiger partial charge in [-0.1, -0.05) is 30.3 Å². The number of thiazole rings is 1. The molecular formula is C23H25N3O5S2. The monoisotopic (exact) mass is 487 g/mol. The number of carboxylic acids is 1. The number of hydrogen-bond acceptors (Lipinski definition) is 7. The summed E-state index contributed by atoms with van der Waals surface area (Å²) in [5, 5.41) is 11.3. The van der Waals surface area contributed by atoms with Gasteiger partial charge in [0.2, 0.25) is 0 Å². The number of hydrogen-bond donors (Lipinski definition) is 2. The summed E-state index contributed by atoms with van der Waals surface area (Å²) in [5.74, 6) is -0.520. The molecule has 0 aliphatic carbocycles. The fraction of sp³-hybridized carbons (Fsp3) is 0.304. The fourth-order valence-corrected chi connectivity index (χ4v) is 6.18. The van der Waals surface area contributed by atoms with E-state index in [0.717, 1.165) is 32.4 Å². The lowest BCUT2D eigenvalue weighted by atomic mass is 9.91. The fourth-order valence-electron chi connectivity index (χ4n) is 3.98. The van der Waals surface area contributed by atoms with E-state index in [9.17, 15) is 13.2 Å². The van der Waals surface area contributed by atoms with Crippen molar-refractivity contribution in [1.29, 1.82) is 0 Å². The molecule has 0 saturated carbocycles. The third-order valence-corrected chi connectivity index (χ3v) is 7.89. The van der Waals surface area contributed by atoms with Crippen molar-refractivity contribution in [2.75, 3.05) is 29.8 Å². The standard InChI is InChI=1S/C23H25N3O5S2/c1-31-20-13-18(22(27)28)9-10-19(20)25-33(29,30)21-15-32-23(24-21)26-11-5-8-17(14-26)12-16-6-3-2-4-7-16/h2-4,6-7,9-10,13,15,17,25H,5,8,11-12,14H2,1H3,(H,27,28). The summed E-state index contributed by atoms with van der Waals surface area (Å²) in [7, 11) is -2.61. The second kappa shape index (κ2) is 9.80. The van der Waals surface area contributed by atoms with Crippen LogP contribution in [0.5, 0.6) is 5.75 Å². The predicted octanol–water partition coefficient (Wildman–Crippen LogP) is 4.11. The smallest absolute Gasteiger partial charge is 0.335 e. The number of carboxylic acid groups (broad SMARTS) is 1. The molecular weight excluding hydrogens is 462 g/mol. The van der Waals surface area contributed by atoms with Crippen LogP contribution in [0.3, 0.4) is 0 Å². The molecule has 1 aliphatic heterocycles. The van der Waals surface area contributed by atoms with Gasteiger partial charge in [0.05, 0.1) is 18.4 Å². The normalized spacial score (nSPS) is 16.4. The summed E-state index contributed by atoms with van der Waals surface area (Å²) in [4.78, 5) is 17.7. The summed E-state index contributed by atoms with van der Waals surface area (Å²) < 4.78 is 33.5. The van der Waals surface area contributed by atoms with E-state index < -0.39 is 16.0 Å². The molecule has 10 heteroatoms. The van der Waals surface area contributed by atoms with Gasteiger partial charge >= 0.3 is 5.97 Å². The van der Waals surface area contributed by atoms with E-state index in [1.54, 1.807) is 0 Å². The zero-order chi connectivity index (χ0) is 23.4. The minimum absolute atomic E-state index is 0.000831. The first kappa shape index (κ1) is 23.1. The molecule has 8 nitrogen and oxygen atoms in total. The number of ether oxygens (including phenoxy) is 1. The van der Waals surface area contributed by atoms with E-state index in [2.05, 4.69) is 26.7 Å². The molecule has 33 heavy (non-hydrogen) atoms. The molecule has 1 atom stereocenters. The number of anilines is 2. The number of carbonyl (C=O) groups is 1. The van der Waals surface area contributed by atoms with Crippen molar-refractivity contribution < 1.29 is 23.1 Å². The topological polar surface area (TPSA) is 109 Å². The number of piperidine rings is 1. The highest BCUT2D eigenvalue weighted by Gasteiger charge is 2.26. The van der Waals surface area contributed by atoms with E-state index in [4.69, 9.17) is 9.84 Å². The van der Waals surface area contributed by atoms with Gasteiger partial charge in [-0.15, -0.1) is 11.3 Å². The van der Waals surface area contributed by atoms with Crippen molar-refractivity contribution in [3.8, 4) is 5.75 Å². The van der Waals surface area contributed by atoms with Crippen LogP contribution >= 0.6 is 11.3 Å². The maximum Gasteiger partial charge on any atom is 0.335 e. The predicted molar refractivity (Wildman–Crippen MR) is 128 cm³/mol. The second-order valence-electron chi connectivity index (χ2n) is 7.94. The highest BCUT2D eigenvalue weighted by atomic mass is 32.2. The van der Waals surface area contributed by atoms with Crippen LogP contribution < -0.4 is 14.4 Å². The minimum Gasteiger partial charge on any atom is -0.495 e. The molecule has 1 saturated heterocycles. The molecule has 2 heterocycles. The molecule has 1 aromatic heterocycles. The molecule has 0 spiro atoms. The number of sulfonamides is 1. The molecule has 1 unspecified atom stereocenters. The molecule has 4 rings (SSSR count). The molecule has 1 fully saturated rings. The van der Waals surface area contributed by atoms with Crippen molar-refractivity contribution in [2.45, 2.75) is 24.3 Å². The van der Waals surface area contributed by atoms with Gasteiger partial charge in [-0.3, -0.25) is 4.72 Å². The Hall–Kier alpha value is -3.11. The van der Waals surface area contributed by atoms with Gasteiger partial charge in [0.25, 0.3) is 10.0 Å². The van der Waals surface area contributed by atoms with E-state index in [1.807, 2.05) is 18.2 Å². The first-order chi connectivity index (χ1) is 15.9. The SMILES string of the molecule is COc1cc(C(=O)O)ccc1NS(=O)(=O)c1csc(N2CCCC(Cc3ccccc3)C2)n1. The highest BCUT2D eigenvalue weighted by Crippen LogP contribution is 2.32. The van der Waals surface area contributed by atoms with Crippen molar-refractivity contribution in [3.63, 3.8) is 0 Å². The lowest BCUT2D eigenvalue weighted by Gasteiger charge is -2.32. The van der Waals surface area contributed by atoms with Crippen molar-refractivity contribution >= 4 is 38.1 Å². The molecule has 2 aromatic carbocycles. The zero-order valence-electron chi connectivity index (χ0n) is 18.1. The van der Waals surface area contributed by atoms with Gasteiger partial charge in [-0.2, -0.15) is 8.42 Å². The Labute approximate surface area is 196 Å². The largest absolute Gasteiger partial charge is 0.495 e. The molecule has 0 radical (unpaired) electrons. The van der Waals surface area contributed by atoms with Gasteiger partial charge in [0.15, 0.2) is 10.2 Å². The molecule has 174 valence electrons. The average molecular weight is 488 g/mol. The third kappa shape index (κ3) is 5.45. The second-order valence-corrected chi connectivity index (χ2v) is 10.4. The average Bonchev–Trinajstić information content (AvgIpc) is 3.31. The number of rotatable bonds is 8. The van der Waals surface area contributed by atoms with Gasteiger partial charge < -0.3 is 14.7 Å². The van der Waals surface area contributed by atoms with Crippen LogP contribution in [0.25, 0.3) is 0 Å². The van der Waals surface area contributed by atoms with Gasteiger partial charge in [0.1, 0.15) is 5.75 Å². The molecule has 0 bridgehead atoms. The summed E-state index contributed by atoms with van der Waals surface area (Å²) >= 11 is 1.30. The number of benzene rings is 2. The van der Waals surface area contributed by atoms with Crippen molar-refractivity contribution in [2.24, 2.45) is 5.92 Å².